The van der Waals surface area contributed by atoms with Gasteiger partial charge in [0.25, 0.3) is 0 Å². The normalized spacial score (nSPS) is 12.0. The lowest BCUT2D eigenvalue weighted by Gasteiger charge is -2.07. The molecule has 1 N–H and O–H groups in total. The molecular formula is C16H11F4N. The molecule has 0 fully saturated rings. The highest BCUT2D eigenvalue weighted by molar-refractivity contribution is 5.84. The van der Waals surface area contributed by atoms with Crippen molar-refractivity contribution in [1.82, 2.24) is 4.98 Å². The third-order valence-electron chi connectivity index (χ3n) is 3.41. The van der Waals surface area contributed by atoms with E-state index in [1.54, 1.807) is 18.3 Å². The predicted molar refractivity (Wildman–Crippen MR) is 72.5 cm³/mol. The lowest BCUT2D eigenvalue weighted by atomic mass is 10.0. The molecule has 0 aliphatic heterocycles. The van der Waals surface area contributed by atoms with Crippen LogP contribution in [-0.2, 0) is 12.6 Å². The average molecular weight is 293 g/mol. The van der Waals surface area contributed by atoms with Crippen molar-refractivity contribution >= 4 is 10.9 Å². The molecule has 0 saturated carbocycles. The van der Waals surface area contributed by atoms with E-state index in [2.05, 4.69) is 4.98 Å². The van der Waals surface area contributed by atoms with Crippen molar-refractivity contribution in [3.05, 3.63) is 71.2 Å². The maximum Gasteiger partial charge on any atom is 0.416 e. The van der Waals surface area contributed by atoms with Gasteiger partial charge >= 0.3 is 6.18 Å². The van der Waals surface area contributed by atoms with Crippen molar-refractivity contribution in [1.29, 1.82) is 0 Å². The van der Waals surface area contributed by atoms with Crippen molar-refractivity contribution in [2.45, 2.75) is 12.6 Å². The number of fused-ring (bicyclic) bond motifs is 1. The second-order valence-corrected chi connectivity index (χ2v) is 4.85. The number of aromatic amines is 1. The highest BCUT2D eigenvalue weighted by Crippen LogP contribution is 2.30. The molecule has 5 heteroatoms. The first-order valence-corrected chi connectivity index (χ1v) is 6.36. The van der Waals surface area contributed by atoms with E-state index in [-0.39, 0.29) is 5.82 Å². The molecule has 3 aromatic rings. The minimum absolute atomic E-state index is 0.337. The predicted octanol–water partition coefficient (Wildman–Crippen LogP) is 4.92. The maximum absolute atomic E-state index is 13.8. The second-order valence-electron chi connectivity index (χ2n) is 4.85. The monoisotopic (exact) mass is 293 g/mol. The Morgan fingerprint density at radius 1 is 0.952 bits per heavy atom. The first-order chi connectivity index (χ1) is 9.95. The topological polar surface area (TPSA) is 15.8 Å². The van der Waals surface area contributed by atoms with Gasteiger partial charge in [-0.1, -0.05) is 18.2 Å². The molecule has 0 spiro atoms. The molecule has 0 atom stereocenters. The molecule has 2 aromatic carbocycles. The van der Waals surface area contributed by atoms with E-state index in [1.165, 1.54) is 18.2 Å². The zero-order valence-corrected chi connectivity index (χ0v) is 10.8. The number of benzene rings is 2. The van der Waals surface area contributed by atoms with Crippen LogP contribution in [0.1, 0.15) is 16.7 Å². The number of rotatable bonds is 2. The molecular weight excluding hydrogens is 282 g/mol. The summed E-state index contributed by atoms with van der Waals surface area (Å²) in [7, 11) is 0. The molecule has 0 aliphatic carbocycles. The summed E-state index contributed by atoms with van der Waals surface area (Å²) in [5, 5.41) is 0.484. The SMILES string of the molecule is Fc1cccc2[nH]cc(Cc3ccc(C(F)(F)F)cc3)c12. The van der Waals surface area contributed by atoms with Gasteiger partial charge < -0.3 is 4.98 Å². The van der Waals surface area contributed by atoms with Crippen molar-refractivity contribution < 1.29 is 17.6 Å². The van der Waals surface area contributed by atoms with E-state index in [0.717, 1.165) is 17.7 Å². The van der Waals surface area contributed by atoms with E-state index in [1.807, 2.05) is 0 Å². The van der Waals surface area contributed by atoms with Gasteiger partial charge in [-0.05, 0) is 41.8 Å². The van der Waals surface area contributed by atoms with Gasteiger partial charge in [-0.25, -0.2) is 4.39 Å². The summed E-state index contributed by atoms with van der Waals surface area (Å²) in [4.78, 5) is 2.96. The fourth-order valence-electron chi connectivity index (χ4n) is 2.38. The van der Waals surface area contributed by atoms with Crippen LogP contribution in [0.25, 0.3) is 10.9 Å². The molecule has 0 unspecified atom stereocenters. The lowest BCUT2D eigenvalue weighted by molar-refractivity contribution is -0.137. The quantitative estimate of drug-likeness (QED) is 0.646. The van der Waals surface area contributed by atoms with E-state index >= 15 is 0 Å². The number of hydrogen-bond donors (Lipinski definition) is 1. The van der Waals surface area contributed by atoms with Crippen LogP contribution in [0.5, 0.6) is 0 Å². The van der Waals surface area contributed by atoms with Crippen LogP contribution in [-0.4, -0.2) is 4.98 Å². The van der Waals surface area contributed by atoms with Crippen LogP contribution in [0.15, 0.2) is 48.7 Å². The van der Waals surface area contributed by atoms with Crippen LogP contribution in [0.3, 0.4) is 0 Å². The van der Waals surface area contributed by atoms with Crippen molar-refractivity contribution in [3.8, 4) is 0 Å². The fraction of sp³-hybridized carbons (Fsp3) is 0.125. The molecule has 0 saturated heterocycles. The Hall–Kier alpha value is -2.30. The lowest BCUT2D eigenvalue weighted by Crippen LogP contribution is -2.04. The first-order valence-electron chi connectivity index (χ1n) is 6.36. The molecule has 0 amide bonds. The van der Waals surface area contributed by atoms with Crippen molar-refractivity contribution in [2.75, 3.05) is 0 Å². The van der Waals surface area contributed by atoms with Gasteiger partial charge in [0.1, 0.15) is 5.82 Å². The van der Waals surface area contributed by atoms with Crippen LogP contribution in [0.2, 0.25) is 0 Å². The van der Waals surface area contributed by atoms with Gasteiger partial charge in [-0.15, -0.1) is 0 Å². The number of aromatic nitrogens is 1. The standard InChI is InChI=1S/C16H11F4N/c17-13-2-1-3-14-15(13)11(9-21-14)8-10-4-6-12(7-5-10)16(18,19)20/h1-7,9,21H,8H2. The molecule has 0 radical (unpaired) electrons. The molecule has 3 rings (SSSR count). The summed E-state index contributed by atoms with van der Waals surface area (Å²) in [6.45, 7) is 0. The third kappa shape index (κ3) is 2.63. The Bertz CT molecular complexity index is 769. The zero-order valence-electron chi connectivity index (χ0n) is 10.8. The van der Waals surface area contributed by atoms with Gasteiger partial charge in [0.15, 0.2) is 0 Å². The van der Waals surface area contributed by atoms with Gasteiger partial charge in [0.2, 0.25) is 0 Å². The summed E-state index contributed by atoms with van der Waals surface area (Å²) in [6, 6.07) is 9.66. The Kier molecular flexibility index (Phi) is 3.20. The van der Waals surface area contributed by atoms with Gasteiger partial charge in [-0.2, -0.15) is 13.2 Å². The number of nitrogens with one attached hydrogen (secondary N) is 1. The zero-order chi connectivity index (χ0) is 15.0. The summed E-state index contributed by atoms with van der Waals surface area (Å²) in [6.07, 6.45) is -2.28. The Labute approximate surface area is 118 Å². The van der Waals surface area contributed by atoms with Crippen LogP contribution < -0.4 is 0 Å². The second kappa shape index (κ2) is 4.91. The number of alkyl halides is 3. The summed E-state index contributed by atoms with van der Waals surface area (Å²) in [5.74, 6) is -0.337. The highest BCUT2D eigenvalue weighted by atomic mass is 19.4. The van der Waals surface area contributed by atoms with E-state index in [9.17, 15) is 17.6 Å². The minimum atomic E-state index is -4.34. The minimum Gasteiger partial charge on any atom is -0.361 e. The maximum atomic E-state index is 13.8. The molecule has 1 nitrogen and oxygen atoms in total. The van der Waals surface area contributed by atoms with Crippen LogP contribution in [0, 0.1) is 5.82 Å². The Morgan fingerprint density at radius 3 is 2.33 bits per heavy atom. The average Bonchev–Trinajstić information content (AvgIpc) is 2.83. The third-order valence-corrected chi connectivity index (χ3v) is 3.41. The molecule has 1 heterocycles. The van der Waals surface area contributed by atoms with E-state index in [0.29, 0.717) is 22.9 Å². The fourth-order valence-corrected chi connectivity index (χ4v) is 2.38. The van der Waals surface area contributed by atoms with Crippen molar-refractivity contribution in [3.63, 3.8) is 0 Å². The van der Waals surface area contributed by atoms with E-state index in [4.69, 9.17) is 0 Å². The van der Waals surface area contributed by atoms with Gasteiger partial charge in [0, 0.05) is 17.1 Å². The Balaban J connectivity index is 1.92. The smallest absolute Gasteiger partial charge is 0.361 e. The number of H-pyrrole nitrogens is 1. The summed E-state index contributed by atoms with van der Waals surface area (Å²) < 4.78 is 51.3. The summed E-state index contributed by atoms with van der Waals surface area (Å²) in [5.41, 5.74) is 1.42. The van der Waals surface area contributed by atoms with Gasteiger partial charge in [-0.3, -0.25) is 0 Å². The van der Waals surface area contributed by atoms with Crippen LogP contribution >= 0.6 is 0 Å². The largest absolute Gasteiger partial charge is 0.416 e. The Morgan fingerprint density at radius 2 is 1.67 bits per heavy atom. The molecule has 1 aromatic heterocycles. The first kappa shape index (κ1) is 13.7. The molecule has 21 heavy (non-hydrogen) atoms. The van der Waals surface area contributed by atoms with Gasteiger partial charge in [0.05, 0.1) is 5.56 Å². The molecule has 108 valence electrons. The molecule has 0 bridgehead atoms. The van der Waals surface area contributed by atoms with Crippen molar-refractivity contribution in [2.24, 2.45) is 0 Å². The highest BCUT2D eigenvalue weighted by Gasteiger charge is 2.29. The number of halogens is 4. The van der Waals surface area contributed by atoms with E-state index < -0.39 is 11.7 Å². The summed E-state index contributed by atoms with van der Waals surface area (Å²) >= 11 is 0. The molecule has 0 aliphatic rings. The number of hydrogen-bond acceptors (Lipinski definition) is 0. The van der Waals surface area contributed by atoms with Crippen LogP contribution in [0.4, 0.5) is 17.6 Å².